The number of fused-ring (bicyclic) bond motifs is 1. The summed E-state index contributed by atoms with van der Waals surface area (Å²) in [4.78, 5) is 30.2. The van der Waals surface area contributed by atoms with E-state index in [-0.39, 0.29) is 17.9 Å². The van der Waals surface area contributed by atoms with Crippen molar-refractivity contribution in [3.63, 3.8) is 0 Å². The number of amides is 2. The number of nitrogens with zero attached hydrogens (tertiary/aromatic N) is 2. The van der Waals surface area contributed by atoms with Gasteiger partial charge in [0.2, 0.25) is 11.8 Å². The molecule has 0 radical (unpaired) electrons. The Kier molecular flexibility index (Phi) is 4.36. The van der Waals surface area contributed by atoms with Crippen LogP contribution in [0.15, 0.2) is 53.4 Å². The highest BCUT2D eigenvalue weighted by molar-refractivity contribution is 5.93. The van der Waals surface area contributed by atoms with Crippen molar-refractivity contribution < 1.29 is 18.7 Å². The molecule has 2 fully saturated rings. The molecule has 2 saturated heterocycles. The molecule has 1 aromatic carbocycles. The van der Waals surface area contributed by atoms with Gasteiger partial charge in [-0.2, -0.15) is 0 Å². The molecule has 0 saturated carbocycles. The van der Waals surface area contributed by atoms with Crippen LogP contribution < -0.4 is 0 Å². The molecule has 2 bridgehead atoms. The number of carbonyl (C=O) groups excluding carboxylic acids is 2. The maximum Gasteiger partial charge on any atom is 0.230 e. The lowest BCUT2D eigenvalue weighted by atomic mass is 9.76. The minimum Gasteiger partial charge on any atom is -0.472 e. The number of ether oxygens (including phenoxy) is 1. The third-order valence-corrected chi connectivity index (χ3v) is 6.78. The van der Waals surface area contributed by atoms with E-state index < -0.39 is 17.4 Å². The Balaban J connectivity index is 1.36. The van der Waals surface area contributed by atoms with Crippen LogP contribution in [-0.4, -0.2) is 46.9 Å². The molecule has 4 heterocycles. The van der Waals surface area contributed by atoms with E-state index in [1.165, 1.54) is 11.1 Å². The minimum atomic E-state index is -0.682. The van der Waals surface area contributed by atoms with E-state index in [0.717, 1.165) is 11.1 Å². The summed E-state index contributed by atoms with van der Waals surface area (Å²) in [6, 6.07) is 8.12. The third-order valence-electron chi connectivity index (χ3n) is 6.78. The zero-order valence-corrected chi connectivity index (χ0v) is 17.5. The van der Waals surface area contributed by atoms with Crippen molar-refractivity contribution in [2.75, 3.05) is 13.6 Å². The van der Waals surface area contributed by atoms with Crippen LogP contribution in [0.25, 0.3) is 0 Å². The molecule has 3 aliphatic rings. The van der Waals surface area contributed by atoms with Crippen molar-refractivity contribution >= 4 is 11.8 Å². The van der Waals surface area contributed by atoms with Gasteiger partial charge in [-0.1, -0.05) is 30.4 Å². The van der Waals surface area contributed by atoms with Gasteiger partial charge >= 0.3 is 0 Å². The molecule has 0 unspecified atom stereocenters. The summed E-state index contributed by atoms with van der Waals surface area (Å²) in [5.41, 5.74) is 3.79. The largest absolute Gasteiger partial charge is 0.472 e. The molecule has 1 aromatic heterocycles. The first-order chi connectivity index (χ1) is 14.4. The van der Waals surface area contributed by atoms with E-state index >= 15 is 0 Å². The van der Waals surface area contributed by atoms with Gasteiger partial charge in [-0.15, -0.1) is 0 Å². The Labute approximate surface area is 176 Å². The standard InChI is InChI=1S/C24H26N2O4/c1-15-4-5-17(10-16(15)2)12-26-14-24-8-6-19(30-24)20(21(24)23(26)28)22(27)25(3)11-18-7-9-29-13-18/h4-10,13,19-21H,11-12,14H2,1-3H3/t19-,20-,21-,24-/m0/s1. The van der Waals surface area contributed by atoms with E-state index in [2.05, 4.69) is 32.0 Å². The zero-order chi connectivity index (χ0) is 21.0. The third kappa shape index (κ3) is 2.89. The van der Waals surface area contributed by atoms with Gasteiger partial charge < -0.3 is 19.0 Å². The minimum absolute atomic E-state index is 0.00939. The highest BCUT2D eigenvalue weighted by Crippen LogP contribution is 2.52. The summed E-state index contributed by atoms with van der Waals surface area (Å²) in [6.07, 6.45) is 6.85. The quantitative estimate of drug-likeness (QED) is 0.717. The fourth-order valence-electron chi connectivity index (χ4n) is 5.11. The van der Waals surface area contributed by atoms with Gasteiger partial charge in [0, 0.05) is 25.7 Å². The normalized spacial score (nSPS) is 29.0. The van der Waals surface area contributed by atoms with Crippen LogP contribution in [0, 0.1) is 25.7 Å². The summed E-state index contributed by atoms with van der Waals surface area (Å²) in [5, 5.41) is 0. The fourth-order valence-corrected chi connectivity index (χ4v) is 5.11. The molecule has 30 heavy (non-hydrogen) atoms. The van der Waals surface area contributed by atoms with E-state index in [4.69, 9.17) is 9.15 Å². The lowest BCUT2D eigenvalue weighted by Gasteiger charge is -2.27. The van der Waals surface area contributed by atoms with Gasteiger partial charge in [-0.05, 0) is 36.6 Å². The number of rotatable bonds is 5. The van der Waals surface area contributed by atoms with Crippen molar-refractivity contribution in [2.24, 2.45) is 11.8 Å². The lowest BCUT2D eigenvalue weighted by molar-refractivity contribution is -0.142. The summed E-state index contributed by atoms with van der Waals surface area (Å²) in [6.45, 7) is 5.63. The van der Waals surface area contributed by atoms with Crippen LogP contribution in [0.2, 0.25) is 0 Å². The Morgan fingerprint density at radius 3 is 2.80 bits per heavy atom. The Bertz CT molecular complexity index is 1030. The molecule has 2 aromatic rings. The van der Waals surface area contributed by atoms with E-state index in [9.17, 15) is 9.59 Å². The second kappa shape index (κ2) is 6.84. The first-order valence-corrected chi connectivity index (χ1v) is 10.4. The topological polar surface area (TPSA) is 63.0 Å². The summed E-state index contributed by atoms with van der Waals surface area (Å²) < 4.78 is 11.4. The number of furan rings is 1. The van der Waals surface area contributed by atoms with Gasteiger partial charge in [0.1, 0.15) is 5.60 Å². The lowest BCUT2D eigenvalue weighted by Crippen LogP contribution is -2.44. The van der Waals surface area contributed by atoms with E-state index in [1.54, 1.807) is 24.5 Å². The van der Waals surface area contributed by atoms with Crippen LogP contribution >= 0.6 is 0 Å². The molecule has 1 spiro atoms. The molecular weight excluding hydrogens is 380 g/mol. The summed E-state index contributed by atoms with van der Waals surface area (Å²) in [7, 11) is 1.77. The Hall–Kier alpha value is -2.86. The molecule has 4 atom stereocenters. The predicted molar refractivity (Wildman–Crippen MR) is 110 cm³/mol. The number of hydrogen-bond acceptors (Lipinski definition) is 4. The molecule has 156 valence electrons. The Morgan fingerprint density at radius 1 is 1.23 bits per heavy atom. The van der Waals surface area contributed by atoms with Crippen molar-refractivity contribution in [3.8, 4) is 0 Å². The molecule has 5 rings (SSSR count). The fraction of sp³-hybridized carbons (Fsp3) is 0.417. The SMILES string of the molecule is Cc1ccc(CN2C[C@]34C=C[C@H](O3)[C@H](C(=O)N(C)Cc3ccoc3)[C@H]4C2=O)cc1C. The second-order valence-electron chi connectivity index (χ2n) is 8.84. The van der Waals surface area contributed by atoms with Crippen LogP contribution in [0.4, 0.5) is 0 Å². The second-order valence-corrected chi connectivity index (χ2v) is 8.84. The van der Waals surface area contributed by atoms with E-state index in [0.29, 0.717) is 19.6 Å². The molecule has 6 nitrogen and oxygen atoms in total. The van der Waals surface area contributed by atoms with Gasteiger partial charge in [0.25, 0.3) is 0 Å². The maximum atomic E-state index is 13.4. The number of carbonyl (C=O) groups is 2. The first-order valence-electron chi connectivity index (χ1n) is 10.4. The van der Waals surface area contributed by atoms with Crippen LogP contribution in [0.5, 0.6) is 0 Å². The van der Waals surface area contributed by atoms with E-state index in [1.807, 2.05) is 23.1 Å². The average molecular weight is 406 g/mol. The molecule has 2 amide bonds. The number of hydrogen-bond donors (Lipinski definition) is 0. The number of benzene rings is 1. The maximum absolute atomic E-state index is 13.4. The highest BCUT2D eigenvalue weighted by atomic mass is 16.5. The van der Waals surface area contributed by atoms with Crippen molar-refractivity contribution in [1.82, 2.24) is 9.80 Å². The van der Waals surface area contributed by atoms with Crippen LogP contribution in [0.1, 0.15) is 22.3 Å². The molecule has 0 aliphatic carbocycles. The smallest absolute Gasteiger partial charge is 0.230 e. The zero-order valence-electron chi connectivity index (χ0n) is 17.5. The molecule has 6 heteroatoms. The van der Waals surface area contributed by atoms with Crippen LogP contribution in [0.3, 0.4) is 0 Å². The average Bonchev–Trinajstić information content (AvgIpc) is 3.47. The van der Waals surface area contributed by atoms with Crippen molar-refractivity contribution in [3.05, 3.63) is 71.2 Å². The van der Waals surface area contributed by atoms with Crippen molar-refractivity contribution in [1.29, 1.82) is 0 Å². The monoisotopic (exact) mass is 406 g/mol. The Morgan fingerprint density at radius 2 is 2.07 bits per heavy atom. The molecule has 0 N–H and O–H groups in total. The number of likely N-dealkylation sites (tertiary alicyclic amines) is 1. The summed E-state index contributed by atoms with van der Waals surface area (Å²) in [5.74, 6) is -0.989. The van der Waals surface area contributed by atoms with Gasteiger partial charge in [-0.3, -0.25) is 9.59 Å². The number of aryl methyl sites for hydroxylation is 2. The first kappa shape index (κ1) is 19.1. The highest BCUT2D eigenvalue weighted by Gasteiger charge is 2.67. The summed E-state index contributed by atoms with van der Waals surface area (Å²) >= 11 is 0. The van der Waals surface area contributed by atoms with Gasteiger partial charge in [-0.25, -0.2) is 0 Å². The molecule has 3 aliphatic heterocycles. The predicted octanol–water partition coefficient (Wildman–Crippen LogP) is 2.84. The van der Waals surface area contributed by atoms with Gasteiger partial charge in [0.05, 0.1) is 37.0 Å². The molecular formula is C24H26N2O4. The van der Waals surface area contributed by atoms with Crippen molar-refractivity contribution in [2.45, 2.75) is 38.6 Å². The van der Waals surface area contributed by atoms with Crippen LogP contribution in [-0.2, 0) is 27.4 Å². The van der Waals surface area contributed by atoms with Gasteiger partial charge in [0.15, 0.2) is 0 Å².